The van der Waals surface area contributed by atoms with E-state index in [1.54, 1.807) is 0 Å². The molecule has 6 heteroatoms. The van der Waals surface area contributed by atoms with E-state index in [1.165, 1.54) is 0 Å². The van der Waals surface area contributed by atoms with Crippen LogP contribution in [-0.4, -0.2) is 0 Å². The second-order valence-electron chi connectivity index (χ2n) is 2.62. The van der Waals surface area contributed by atoms with Crippen LogP contribution in [0.15, 0.2) is 0 Å². The number of halogens is 4. The van der Waals surface area contributed by atoms with Crippen molar-refractivity contribution in [3.05, 3.63) is 31.2 Å². The van der Waals surface area contributed by atoms with Crippen LogP contribution in [0.2, 0.25) is 20.1 Å². The zero-order valence-corrected chi connectivity index (χ0v) is 10.1. The molecule has 4 N–H and O–H groups in total. The molecule has 0 amide bonds. The Morgan fingerprint density at radius 1 is 0.643 bits per heavy atom. The van der Waals surface area contributed by atoms with Crippen molar-refractivity contribution in [2.45, 2.75) is 13.1 Å². The molecular weight excluding hydrogens is 266 g/mol. The number of hydrogen-bond donors (Lipinski definition) is 2. The zero-order valence-electron chi connectivity index (χ0n) is 7.08. The van der Waals surface area contributed by atoms with Gasteiger partial charge in [0.15, 0.2) is 0 Å². The summed E-state index contributed by atoms with van der Waals surface area (Å²) < 4.78 is 0. The molecule has 1 aromatic carbocycles. The minimum absolute atomic E-state index is 0.182. The Hall–Kier alpha value is 0.300. The summed E-state index contributed by atoms with van der Waals surface area (Å²) in [4.78, 5) is 0. The van der Waals surface area contributed by atoms with Crippen LogP contribution < -0.4 is 11.5 Å². The van der Waals surface area contributed by atoms with E-state index in [-0.39, 0.29) is 13.1 Å². The monoisotopic (exact) mass is 272 g/mol. The summed E-state index contributed by atoms with van der Waals surface area (Å²) in [5.74, 6) is 0. The number of nitrogens with two attached hydrogens (primary N) is 2. The molecule has 0 aliphatic heterocycles. The maximum atomic E-state index is 5.94. The lowest BCUT2D eigenvalue weighted by Crippen LogP contribution is -2.04. The highest BCUT2D eigenvalue weighted by molar-refractivity contribution is 6.48. The molecule has 0 radical (unpaired) electrons. The quantitative estimate of drug-likeness (QED) is 0.813. The van der Waals surface area contributed by atoms with E-state index in [1.807, 2.05) is 0 Å². The molecule has 2 nitrogen and oxygen atoms in total. The highest BCUT2D eigenvalue weighted by atomic mass is 35.5. The van der Waals surface area contributed by atoms with Gasteiger partial charge in [-0.1, -0.05) is 46.4 Å². The topological polar surface area (TPSA) is 52.0 Å². The van der Waals surface area contributed by atoms with Crippen molar-refractivity contribution in [2.24, 2.45) is 11.5 Å². The maximum Gasteiger partial charge on any atom is 0.0656 e. The third-order valence-corrected chi connectivity index (χ3v) is 3.72. The first-order valence-electron chi connectivity index (χ1n) is 3.78. The fraction of sp³-hybridized carbons (Fsp3) is 0.250. The highest BCUT2D eigenvalue weighted by Gasteiger charge is 2.17. The summed E-state index contributed by atoms with van der Waals surface area (Å²) in [5.41, 5.74) is 12.0. The van der Waals surface area contributed by atoms with E-state index in [2.05, 4.69) is 0 Å². The number of benzene rings is 1. The lowest BCUT2D eigenvalue weighted by atomic mass is 10.1. The van der Waals surface area contributed by atoms with Crippen molar-refractivity contribution in [3.8, 4) is 0 Å². The molecule has 0 atom stereocenters. The maximum absolute atomic E-state index is 5.94. The molecule has 0 unspecified atom stereocenters. The van der Waals surface area contributed by atoms with E-state index in [4.69, 9.17) is 57.9 Å². The average molecular weight is 274 g/mol. The molecule has 78 valence electrons. The van der Waals surface area contributed by atoms with Crippen LogP contribution in [0.5, 0.6) is 0 Å². The number of rotatable bonds is 2. The predicted octanol–water partition coefficient (Wildman–Crippen LogP) is 3.22. The second kappa shape index (κ2) is 4.88. The first-order chi connectivity index (χ1) is 6.54. The molecule has 0 aromatic heterocycles. The van der Waals surface area contributed by atoms with Crippen LogP contribution in [0, 0.1) is 0 Å². The van der Waals surface area contributed by atoms with Gasteiger partial charge < -0.3 is 11.5 Å². The van der Waals surface area contributed by atoms with Gasteiger partial charge in [0.2, 0.25) is 0 Å². The van der Waals surface area contributed by atoms with Crippen molar-refractivity contribution < 1.29 is 0 Å². The van der Waals surface area contributed by atoms with Crippen LogP contribution in [0.25, 0.3) is 0 Å². The van der Waals surface area contributed by atoms with Crippen molar-refractivity contribution in [1.29, 1.82) is 0 Å². The lowest BCUT2D eigenvalue weighted by molar-refractivity contribution is 1.04. The molecule has 0 aliphatic carbocycles. The Morgan fingerprint density at radius 3 is 1.00 bits per heavy atom. The largest absolute Gasteiger partial charge is 0.326 e. The van der Waals surface area contributed by atoms with Crippen LogP contribution in [0.3, 0.4) is 0 Å². The molecule has 0 spiro atoms. The molecule has 0 bridgehead atoms. The minimum atomic E-state index is 0.182. The fourth-order valence-corrected chi connectivity index (χ4v) is 2.32. The van der Waals surface area contributed by atoms with Crippen LogP contribution >= 0.6 is 46.4 Å². The van der Waals surface area contributed by atoms with Gasteiger partial charge in [-0.25, -0.2) is 0 Å². The highest BCUT2D eigenvalue weighted by Crippen LogP contribution is 2.40. The molecule has 0 saturated heterocycles. The van der Waals surface area contributed by atoms with Gasteiger partial charge in [0.1, 0.15) is 0 Å². The van der Waals surface area contributed by atoms with E-state index in [9.17, 15) is 0 Å². The van der Waals surface area contributed by atoms with Crippen molar-refractivity contribution >= 4 is 46.4 Å². The van der Waals surface area contributed by atoms with Gasteiger partial charge in [-0.2, -0.15) is 0 Å². The Kier molecular flexibility index (Phi) is 4.31. The smallest absolute Gasteiger partial charge is 0.0656 e. The first kappa shape index (κ1) is 12.4. The minimum Gasteiger partial charge on any atom is -0.326 e. The van der Waals surface area contributed by atoms with Gasteiger partial charge in [-0.15, -0.1) is 0 Å². The van der Waals surface area contributed by atoms with Crippen LogP contribution in [-0.2, 0) is 13.1 Å². The molecule has 0 saturated carbocycles. The molecular formula is C8H8Cl4N2. The Labute approximate surface area is 102 Å². The van der Waals surface area contributed by atoms with Crippen molar-refractivity contribution in [3.63, 3.8) is 0 Å². The molecule has 14 heavy (non-hydrogen) atoms. The zero-order chi connectivity index (χ0) is 10.9. The summed E-state index contributed by atoms with van der Waals surface area (Å²) in [5, 5.41) is 1.29. The fourth-order valence-electron chi connectivity index (χ4n) is 1.08. The van der Waals surface area contributed by atoms with Gasteiger partial charge in [0, 0.05) is 24.2 Å². The van der Waals surface area contributed by atoms with Crippen molar-refractivity contribution in [1.82, 2.24) is 0 Å². The van der Waals surface area contributed by atoms with E-state index < -0.39 is 0 Å². The predicted molar refractivity (Wildman–Crippen MR) is 62.3 cm³/mol. The van der Waals surface area contributed by atoms with Crippen molar-refractivity contribution in [2.75, 3.05) is 0 Å². The van der Waals surface area contributed by atoms with Crippen LogP contribution in [0.1, 0.15) is 11.1 Å². The molecule has 0 aliphatic rings. The Bertz CT molecular complexity index is 301. The number of hydrogen-bond acceptors (Lipinski definition) is 2. The van der Waals surface area contributed by atoms with Gasteiger partial charge >= 0.3 is 0 Å². The third-order valence-electron chi connectivity index (χ3n) is 1.85. The summed E-state index contributed by atoms with van der Waals surface area (Å²) >= 11 is 23.8. The summed E-state index contributed by atoms with van der Waals surface area (Å²) in [6, 6.07) is 0. The van der Waals surface area contributed by atoms with Gasteiger partial charge in [-0.3, -0.25) is 0 Å². The normalized spacial score (nSPS) is 10.7. The second-order valence-corrected chi connectivity index (χ2v) is 4.13. The van der Waals surface area contributed by atoms with Crippen LogP contribution in [0.4, 0.5) is 0 Å². The first-order valence-corrected chi connectivity index (χ1v) is 5.29. The van der Waals surface area contributed by atoms with Gasteiger partial charge in [0.05, 0.1) is 20.1 Å². The molecule has 1 rings (SSSR count). The summed E-state index contributed by atoms with van der Waals surface area (Å²) in [6.07, 6.45) is 0. The van der Waals surface area contributed by atoms with E-state index in [0.717, 1.165) is 0 Å². The average Bonchev–Trinajstić information content (AvgIpc) is 2.17. The van der Waals surface area contributed by atoms with E-state index in [0.29, 0.717) is 31.2 Å². The van der Waals surface area contributed by atoms with Gasteiger partial charge in [-0.05, 0) is 0 Å². The Balaban J connectivity index is 3.55. The standard InChI is InChI=1S/C8H8Cl4N2/c9-5-3(1-13)6(10)8(12)4(2-14)7(5)11/h1-2,13-14H2. The van der Waals surface area contributed by atoms with E-state index >= 15 is 0 Å². The summed E-state index contributed by atoms with van der Waals surface area (Å²) in [7, 11) is 0. The van der Waals surface area contributed by atoms with Gasteiger partial charge in [0.25, 0.3) is 0 Å². The lowest BCUT2D eigenvalue weighted by Gasteiger charge is -2.13. The molecule has 0 fully saturated rings. The Morgan fingerprint density at radius 2 is 0.857 bits per heavy atom. The third kappa shape index (κ3) is 1.96. The summed E-state index contributed by atoms with van der Waals surface area (Å²) in [6.45, 7) is 0.365. The molecule has 1 aromatic rings. The molecule has 0 heterocycles. The SMILES string of the molecule is NCc1c(Cl)c(Cl)c(CN)c(Cl)c1Cl.